The molecule has 0 saturated carbocycles. The molecule has 0 spiro atoms. The Balaban J connectivity index is 1.81. The summed E-state index contributed by atoms with van der Waals surface area (Å²) in [4.78, 5) is 15.6. The van der Waals surface area contributed by atoms with Gasteiger partial charge < -0.3 is 19.8 Å². The Morgan fingerprint density at radius 1 is 1.15 bits per heavy atom. The molecule has 2 aromatic carbocycles. The minimum atomic E-state index is -0.237. The highest BCUT2D eigenvalue weighted by atomic mass is 32.1. The number of rotatable bonds is 6. The minimum absolute atomic E-state index is 0.237. The summed E-state index contributed by atoms with van der Waals surface area (Å²) in [5.41, 5.74) is 2.11. The third-order valence-corrected chi connectivity index (χ3v) is 4.26. The molecule has 26 heavy (non-hydrogen) atoms. The zero-order valence-electron chi connectivity index (χ0n) is 14.5. The number of carbonyl (C=O) groups excluding carboxylic acids is 1. The van der Waals surface area contributed by atoms with Crippen molar-refractivity contribution in [3.63, 3.8) is 0 Å². The van der Waals surface area contributed by atoms with Crippen molar-refractivity contribution in [3.05, 3.63) is 70.8 Å². The first-order valence-corrected chi connectivity index (χ1v) is 8.40. The second-order valence-corrected chi connectivity index (χ2v) is 5.90. The number of H-pyrrole nitrogens is 1. The van der Waals surface area contributed by atoms with Gasteiger partial charge in [0.2, 0.25) is 0 Å². The van der Waals surface area contributed by atoms with E-state index in [0.717, 1.165) is 11.3 Å². The Bertz CT molecular complexity index is 964. The van der Waals surface area contributed by atoms with Crippen LogP contribution < -0.4 is 14.8 Å². The molecule has 0 aliphatic carbocycles. The smallest absolute Gasteiger partial charge is 0.270 e. The highest BCUT2D eigenvalue weighted by Gasteiger charge is 2.15. The zero-order valence-corrected chi connectivity index (χ0v) is 15.3. The van der Waals surface area contributed by atoms with Crippen LogP contribution in [0.4, 0.5) is 0 Å². The van der Waals surface area contributed by atoms with Crippen molar-refractivity contribution in [3.8, 4) is 17.2 Å². The molecule has 0 atom stereocenters. The Kier molecular flexibility index (Phi) is 5.38. The number of hydrogen-bond donors (Lipinski definition) is 2. The fourth-order valence-electron chi connectivity index (χ4n) is 2.63. The van der Waals surface area contributed by atoms with Crippen LogP contribution in [0.1, 0.15) is 16.1 Å². The van der Waals surface area contributed by atoms with Gasteiger partial charge in [-0.1, -0.05) is 18.2 Å². The van der Waals surface area contributed by atoms with E-state index < -0.39 is 0 Å². The molecule has 3 aromatic rings. The highest BCUT2D eigenvalue weighted by Crippen LogP contribution is 2.24. The summed E-state index contributed by atoms with van der Waals surface area (Å²) in [6, 6.07) is 15.0. The van der Waals surface area contributed by atoms with E-state index in [9.17, 15) is 4.79 Å². The van der Waals surface area contributed by atoms with Crippen molar-refractivity contribution < 1.29 is 14.3 Å². The van der Waals surface area contributed by atoms with Crippen molar-refractivity contribution in [2.75, 3.05) is 14.2 Å². The monoisotopic (exact) mass is 369 g/mol. The molecule has 0 aliphatic rings. The van der Waals surface area contributed by atoms with E-state index in [2.05, 4.69) is 10.3 Å². The predicted molar refractivity (Wildman–Crippen MR) is 102 cm³/mol. The van der Waals surface area contributed by atoms with Crippen molar-refractivity contribution in [2.45, 2.75) is 6.54 Å². The van der Waals surface area contributed by atoms with E-state index in [1.165, 1.54) is 0 Å². The molecule has 0 fully saturated rings. The lowest BCUT2D eigenvalue weighted by Crippen LogP contribution is -2.25. The quantitative estimate of drug-likeness (QED) is 0.653. The fraction of sp³-hybridized carbons (Fsp3) is 0.158. The van der Waals surface area contributed by atoms with Crippen LogP contribution in [0.3, 0.4) is 0 Å². The molecule has 3 rings (SSSR count). The fourth-order valence-corrected chi connectivity index (χ4v) is 2.90. The first-order chi connectivity index (χ1) is 12.6. The summed E-state index contributed by atoms with van der Waals surface area (Å²) < 4.78 is 12.7. The number of hydrogen-bond acceptors (Lipinski definition) is 4. The molecule has 6 nitrogen and oxygen atoms in total. The number of para-hydroxylation sites is 1. The average molecular weight is 369 g/mol. The number of nitrogens with zero attached hydrogens (tertiary/aromatic N) is 1. The lowest BCUT2D eigenvalue weighted by Gasteiger charge is -2.12. The molecule has 1 heterocycles. The Hall–Kier alpha value is -3.06. The van der Waals surface area contributed by atoms with Gasteiger partial charge in [-0.2, -0.15) is 0 Å². The topological polar surface area (TPSA) is 68.3 Å². The summed E-state index contributed by atoms with van der Waals surface area (Å²) in [6.07, 6.45) is 1.61. The molecule has 0 unspecified atom stereocenters. The van der Waals surface area contributed by atoms with Crippen LogP contribution in [0.25, 0.3) is 5.69 Å². The van der Waals surface area contributed by atoms with E-state index in [1.54, 1.807) is 31.0 Å². The number of aromatic nitrogens is 2. The average Bonchev–Trinajstić information content (AvgIpc) is 3.08. The first kappa shape index (κ1) is 17.8. The molecule has 7 heteroatoms. The van der Waals surface area contributed by atoms with E-state index >= 15 is 0 Å². The van der Waals surface area contributed by atoms with Crippen molar-refractivity contribution >= 4 is 18.1 Å². The molecule has 0 aliphatic heterocycles. The molecule has 134 valence electrons. The number of nitrogens with one attached hydrogen (secondary N) is 2. The van der Waals surface area contributed by atoms with Crippen LogP contribution in [0.2, 0.25) is 0 Å². The van der Waals surface area contributed by atoms with E-state index in [4.69, 9.17) is 21.7 Å². The third kappa shape index (κ3) is 3.62. The van der Waals surface area contributed by atoms with Gasteiger partial charge in [-0.05, 0) is 36.5 Å². The molecular formula is C19H19N3O3S. The van der Waals surface area contributed by atoms with Gasteiger partial charge in [-0.25, -0.2) is 0 Å². The van der Waals surface area contributed by atoms with Gasteiger partial charge in [0.25, 0.3) is 5.91 Å². The molecular weight excluding hydrogens is 350 g/mol. The summed E-state index contributed by atoms with van der Waals surface area (Å²) in [5, 5.41) is 2.90. The van der Waals surface area contributed by atoms with Crippen LogP contribution in [0.15, 0.2) is 54.7 Å². The van der Waals surface area contributed by atoms with Crippen LogP contribution in [0, 0.1) is 4.77 Å². The molecule has 0 saturated heterocycles. The first-order valence-electron chi connectivity index (χ1n) is 7.99. The Morgan fingerprint density at radius 3 is 2.62 bits per heavy atom. The van der Waals surface area contributed by atoms with Crippen molar-refractivity contribution in [2.24, 2.45) is 0 Å². The predicted octanol–water partition coefficient (Wildman–Crippen LogP) is 3.48. The van der Waals surface area contributed by atoms with Gasteiger partial charge in [0, 0.05) is 30.1 Å². The summed E-state index contributed by atoms with van der Waals surface area (Å²) in [7, 11) is 3.18. The molecule has 1 amide bonds. The number of ether oxygens (including phenoxy) is 2. The lowest BCUT2D eigenvalue weighted by molar-refractivity contribution is 0.0943. The standard InChI is InChI=1S/C19H19N3O3S/c1-24-15-9-8-13(17(10-15)25-2)11-20-18(23)16-12-21-19(26)22(16)14-6-4-3-5-7-14/h3-10,12H,11H2,1-2H3,(H,20,23)(H,21,26). The normalized spacial score (nSPS) is 10.4. The molecule has 2 N–H and O–H groups in total. The summed E-state index contributed by atoms with van der Waals surface area (Å²) in [6.45, 7) is 0.318. The summed E-state index contributed by atoms with van der Waals surface area (Å²) >= 11 is 5.31. The second-order valence-electron chi connectivity index (χ2n) is 5.51. The van der Waals surface area contributed by atoms with Crippen LogP contribution >= 0.6 is 12.2 Å². The number of imidazole rings is 1. The van der Waals surface area contributed by atoms with E-state index in [0.29, 0.717) is 28.5 Å². The Morgan fingerprint density at radius 2 is 1.92 bits per heavy atom. The number of amides is 1. The van der Waals surface area contributed by atoms with Crippen LogP contribution in [0.5, 0.6) is 11.5 Å². The van der Waals surface area contributed by atoms with Gasteiger partial charge in [0.05, 0.1) is 14.2 Å². The van der Waals surface area contributed by atoms with Gasteiger partial charge in [0.1, 0.15) is 17.2 Å². The van der Waals surface area contributed by atoms with E-state index in [-0.39, 0.29) is 5.91 Å². The number of aromatic amines is 1. The zero-order chi connectivity index (χ0) is 18.5. The van der Waals surface area contributed by atoms with Crippen LogP contribution in [-0.2, 0) is 6.54 Å². The maximum absolute atomic E-state index is 12.7. The van der Waals surface area contributed by atoms with Gasteiger partial charge in [-0.3, -0.25) is 9.36 Å². The number of benzene rings is 2. The van der Waals surface area contributed by atoms with Crippen molar-refractivity contribution in [1.82, 2.24) is 14.9 Å². The van der Waals surface area contributed by atoms with Crippen LogP contribution in [-0.4, -0.2) is 29.7 Å². The molecule has 0 bridgehead atoms. The maximum atomic E-state index is 12.7. The Labute approximate surface area is 156 Å². The highest BCUT2D eigenvalue weighted by molar-refractivity contribution is 7.71. The van der Waals surface area contributed by atoms with Gasteiger partial charge >= 0.3 is 0 Å². The largest absolute Gasteiger partial charge is 0.497 e. The third-order valence-electron chi connectivity index (χ3n) is 3.96. The van der Waals surface area contributed by atoms with Gasteiger partial charge in [0.15, 0.2) is 4.77 Å². The van der Waals surface area contributed by atoms with Gasteiger partial charge in [-0.15, -0.1) is 0 Å². The number of methoxy groups -OCH3 is 2. The molecule has 0 radical (unpaired) electrons. The second kappa shape index (κ2) is 7.88. The molecule has 1 aromatic heterocycles. The van der Waals surface area contributed by atoms with Crippen molar-refractivity contribution in [1.29, 1.82) is 0 Å². The lowest BCUT2D eigenvalue weighted by atomic mass is 10.2. The SMILES string of the molecule is COc1ccc(CNC(=O)c2c[nH]c(=S)n2-c2ccccc2)c(OC)c1. The maximum Gasteiger partial charge on any atom is 0.270 e. The summed E-state index contributed by atoms with van der Waals surface area (Å²) in [5.74, 6) is 1.11. The number of carbonyl (C=O) groups is 1. The minimum Gasteiger partial charge on any atom is -0.497 e. The van der Waals surface area contributed by atoms with E-state index in [1.807, 2.05) is 42.5 Å².